The first-order chi connectivity index (χ1) is 6.20. The van der Waals surface area contributed by atoms with Gasteiger partial charge in [0.1, 0.15) is 0 Å². The van der Waals surface area contributed by atoms with Crippen LogP contribution in [0, 0.1) is 0 Å². The second-order valence-electron chi connectivity index (χ2n) is 3.02. The molecular formula is C10H12Cl2Si. The van der Waals surface area contributed by atoms with Crippen molar-refractivity contribution in [2.24, 2.45) is 0 Å². The number of hydrogen-bond donors (Lipinski definition) is 0. The maximum Gasteiger partial charge on any atom is 0.0929 e. The molecule has 0 aliphatic heterocycles. The van der Waals surface area contributed by atoms with Crippen molar-refractivity contribution in [1.82, 2.24) is 0 Å². The van der Waals surface area contributed by atoms with E-state index in [2.05, 4.69) is 31.2 Å². The first-order valence-electron chi connectivity index (χ1n) is 4.26. The minimum Gasteiger partial charge on any atom is -0.110 e. The van der Waals surface area contributed by atoms with E-state index in [1.807, 2.05) is 6.07 Å². The van der Waals surface area contributed by atoms with Crippen molar-refractivity contribution in [3.63, 3.8) is 0 Å². The van der Waals surface area contributed by atoms with Crippen LogP contribution in [0.3, 0.4) is 0 Å². The zero-order valence-corrected chi connectivity index (χ0v) is 10.0. The summed E-state index contributed by atoms with van der Waals surface area (Å²) in [4.78, 5) is 0. The van der Waals surface area contributed by atoms with Gasteiger partial charge < -0.3 is 0 Å². The van der Waals surface area contributed by atoms with Crippen LogP contribution in [0.1, 0.15) is 18.4 Å². The van der Waals surface area contributed by atoms with E-state index in [1.165, 1.54) is 5.56 Å². The molecule has 3 heteroatoms. The third kappa shape index (κ3) is 4.16. The highest BCUT2D eigenvalue weighted by atomic mass is 35.5. The molecule has 0 saturated heterocycles. The van der Waals surface area contributed by atoms with E-state index in [-0.39, 0.29) is 4.46 Å². The normalized spacial score (nSPS) is 13.2. The fourth-order valence-electron chi connectivity index (χ4n) is 1.17. The van der Waals surface area contributed by atoms with Gasteiger partial charge in [-0.05, 0) is 11.5 Å². The number of alkyl halides is 2. The zero-order chi connectivity index (χ0) is 9.68. The summed E-state index contributed by atoms with van der Waals surface area (Å²) in [6.45, 7) is 2.21. The molecule has 0 bridgehead atoms. The van der Waals surface area contributed by atoms with E-state index in [0.29, 0.717) is 15.4 Å². The molecule has 0 aliphatic carbocycles. The minimum atomic E-state index is -0.203. The third-order valence-electron chi connectivity index (χ3n) is 1.95. The molecule has 0 aliphatic rings. The van der Waals surface area contributed by atoms with Crippen LogP contribution in [0.2, 0.25) is 6.04 Å². The molecule has 0 nitrogen and oxygen atoms in total. The van der Waals surface area contributed by atoms with Gasteiger partial charge in [-0.25, -0.2) is 0 Å². The molecule has 2 radical (unpaired) electrons. The van der Waals surface area contributed by atoms with Crippen molar-refractivity contribution in [2.45, 2.75) is 23.3 Å². The molecule has 0 N–H and O–H groups in total. The molecule has 1 atom stereocenters. The summed E-state index contributed by atoms with van der Waals surface area (Å²) >= 11 is 11.4. The molecule has 1 aromatic rings. The first kappa shape index (κ1) is 11.1. The summed E-state index contributed by atoms with van der Waals surface area (Å²) in [6.07, 6.45) is 0. The fraction of sp³-hybridized carbons (Fsp3) is 0.400. The van der Waals surface area contributed by atoms with E-state index < -0.39 is 0 Å². The van der Waals surface area contributed by atoms with Crippen molar-refractivity contribution in [2.75, 3.05) is 0 Å². The molecule has 0 spiro atoms. The van der Waals surface area contributed by atoms with Gasteiger partial charge in [0.15, 0.2) is 0 Å². The van der Waals surface area contributed by atoms with Crippen molar-refractivity contribution in [3.8, 4) is 0 Å². The van der Waals surface area contributed by atoms with Crippen molar-refractivity contribution < 1.29 is 0 Å². The van der Waals surface area contributed by atoms with E-state index >= 15 is 0 Å². The molecule has 1 rings (SSSR count). The first-order valence-corrected chi connectivity index (χ1v) is 6.42. The number of hydrogen-bond acceptors (Lipinski definition) is 0. The maximum atomic E-state index is 5.69. The summed E-state index contributed by atoms with van der Waals surface area (Å²) in [7, 11) is 0.625. The molecule has 0 heterocycles. The summed E-state index contributed by atoms with van der Waals surface area (Å²) in [6, 6.07) is 11.5. The Hall–Kier alpha value is 0.0169. The highest BCUT2D eigenvalue weighted by Gasteiger charge is 2.08. The van der Waals surface area contributed by atoms with Crippen LogP contribution in [0.5, 0.6) is 0 Å². The van der Waals surface area contributed by atoms with E-state index in [1.54, 1.807) is 0 Å². The number of halogens is 2. The lowest BCUT2D eigenvalue weighted by molar-refractivity contribution is 0.858. The Labute approximate surface area is 92.1 Å². The largest absolute Gasteiger partial charge is 0.110 e. The van der Waals surface area contributed by atoms with Crippen LogP contribution in [0.25, 0.3) is 0 Å². The Morgan fingerprint density at radius 2 is 1.85 bits per heavy atom. The number of benzene rings is 1. The second-order valence-corrected chi connectivity index (χ2v) is 6.24. The monoisotopic (exact) mass is 230 g/mol. The van der Waals surface area contributed by atoms with Gasteiger partial charge >= 0.3 is 0 Å². The lowest BCUT2D eigenvalue weighted by atomic mass is 10.0. The van der Waals surface area contributed by atoms with Gasteiger partial charge in [-0.3, -0.25) is 0 Å². The summed E-state index contributed by atoms with van der Waals surface area (Å²) < 4.78 is -0.203. The maximum absolute atomic E-state index is 5.69. The van der Waals surface area contributed by atoms with Gasteiger partial charge in [0.25, 0.3) is 0 Å². The van der Waals surface area contributed by atoms with Gasteiger partial charge in [0.05, 0.1) is 14.0 Å². The fourth-order valence-corrected chi connectivity index (χ4v) is 2.47. The van der Waals surface area contributed by atoms with E-state index in [9.17, 15) is 0 Å². The Kier molecular flexibility index (Phi) is 4.85. The van der Waals surface area contributed by atoms with Gasteiger partial charge in [-0.1, -0.05) is 43.3 Å². The topological polar surface area (TPSA) is 0 Å². The molecule has 1 aromatic carbocycles. The smallest absolute Gasteiger partial charge is 0.0929 e. The van der Waals surface area contributed by atoms with Crippen LogP contribution in [0.4, 0.5) is 0 Å². The Morgan fingerprint density at radius 3 is 2.38 bits per heavy atom. The van der Waals surface area contributed by atoms with Gasteiger partial charge in [0.2, 0.25) is 0 Å². The highest BCUT2D eigenvalue weighted by molar-refractivity contribution is 6.68. The predicted octanol–water partition coefficient (Wildman–Crippen LogP) is 3.67. The molecule has 0 fully saturated rings. The predicted molar refractivity (Wildman–Crippen MR) is 60.9 cm³/mol. The molecule has 0 saturated carbocycles. The van der Waals surface area contributed by atoms with Crippen LogP contribution < -0.4 is 0 Å². The molecule has 1 unspecified atom stereocenters. The number of rotatable bonds is 4. The highest BCUT2D eigenvalue weighted by Crippen LogP contribution is 2.19. The van der Waals surface area contributed by atoms with Gasteiger partial charge in [-0.2, -0.15) is 0 Å². The van der Waals surface area contributed by atoms with Crippen LogP contribution in [0.15, 0.2) is 30.3 Å². The zero-order valence-electron chi connectivity index (χ0n) is 7.50. The average molecular weight is 231 g/mol. The standard InChI is InChI=1S/C10H12Cl2Si/c1-8(7-13-10(11)12)9-5-3-2-4-6-9/h2-6,8,10H,7H2,1H3. The van der Waals surface area contributed by atoms with E-state index in [0.717, 1.165) is 6.04 Å². The average Bonchev–Trinajstić information content (AvgIpc) is 2.15. The molecule has 0 aromatic heterocycles. The second kappa shape index (κ2) is 5.69. The SMILES string of the molecule is CC(C[Si]C(Cl)Cl)c1ccccc1. The Morgan fingerprint density at radius 1 is 1.23 bits per heavy atom. The Bertz CT molecular complexity index is 236. The quantitative estimate of drug-likeness (QED) is 0.547. The molecule has 13 heavy (non-hydrogen) atoms. The van der Waals surface area contributed by atoms with Crippen LogP contribution in [-0.2, 0) is 0 Å². The van der Waals surface area contributed by atoms with Crippen LogP contribution in [-0.4, -0.2) is 14.0 Å². The summed E-state index contributed by atoms with van der Waals surface area (Å²) in [5, 5.41) is 0. The van der Waals surface area contributed by atoms with Crippen molar-refractivity contribution in [1.29, 1.82) is 0 Å². The Balaban J connectivity index is 2.44. The third-order valence-corrected chi connectivity index (χ3v) is 4.03. The summed E-state index contributed by atoms with van der Waals surface area (Å²) in [5.41, 5.74) is 1.36. The van der Waals surface area contributed by atoms with Gasteiger partial charge in [-0.15, -0.1) is 23.2 Å². The lowest BCUT2D eigenvalue weighted by Gasteiger charge is -2.10. The van der Waals surface area contributed by atoms with E-state index in [4.69, 9.17) is 23.2 Å². The lowest BCUT2D eigenvalue weighted by Crippen LogP contribution is -2.05. The van der Waals surface area contributed by atoms with Crippen molar-refractivity contribution in [3.05, 3.63) is 35.9 Å². The molecule has 70 valence electrons. The van der Waals surface area contributed by atoms with Crippen LogP contribution >= 0.6 is 23.2 Å². The summed E-state index contributed by atoms with van der Waals surface area (Å²) in [5.74, 6) is 0.555. The molecular weight excluding hydrogens is 219 g/mol. The van der Waals surface area contributed by atoms with Gasteiger partial charge in [0, 0.05) is 0 Å². The molecule has 0 amide bonds. The van der Waals surface area contributed by atoms with Crippen molar-refractivity contribution >= 4 is 32.7 Å². The minimum absolute atomic E-state index is 0.203.